The number of benzene rings is 1. The van der Waals surface area contributed by atoms with E-state index in [0.29, 0.717) is 4.88 Å². The Kier molecular flexibility index (Phi) is 5.06. The van der Waals surface area contributed by atoms with Crippen LogP contribution in [0.3, 0.4) is 0 Å². The lowest BCUT2D eigenvalue weighted by atomic mass is 10.0. The zero-order chi connectivity index (χ0) is 15.6. The minimum Gasteiger partial charge on any atom is -0.496 e. The van der Waals surface area contributed by atoms with Gasteiger partial charge in [-0.1, -0.05) is 17.7 Å². The number of carbonyl (C=O) groups excluding carboxylic acids is 1. The molecule has 3 nitrogen and oxygen atoms in total. The van der Waals surface area contributed by atoms with E-state index in [-0.39, 0.29) is 11.9 Å². The molecule has 0 radical (unpaired) electrons. The molecule has 0 bridgehead atoms. The summed E-state index contributed by atoms with van der Waals surface area (Å²) >= 11 is 4.89. The highest BCUT2D eigenvalue weighted by atomic mass is 79.9. The number of carbonyl (C=O) groups is 1. The van der Waals surface area contributed by atoms with Gasteiger partial charge < -0.3 is 10.1 Å². The van der Waals surface area contributed by atoms with Crippen molar-refractivity contribution in [2.75, 3.05) is 7.11 Å². The van der Waals surface area contributed by atoms with E-state index in [0.717, 1.165) is 26.2 Å². The molecule has 0 saturated carbocycles. The molecule has 2 rings (SSSR count). The van der Waals surface area contributed by atoms with Gasteiger partial charge in [0.25, 0.3) is 5.91 Å². The van der Waals surface area contributed by atoms with Crippen LogP contribution in [0.25, 0.3) is 0 Å². The average molecular weight is 368 g/mol. The zero-order valence-electron chi connectivity index (χ0n) is 12.5. The molecular weight excluding hydrogens is 350 g/mol. The molecule has 0 aliphatic carbocycles. The van der Waals surface area contributed by atoms with Crippen molar-refractivity contribution in [3.05, 3.63) is 49.6 Å². The third-order valence-electron chi connectivity index (χ3n) is 3.28. The number of rotatable bonds is 4. The summed E-state index contributed by atoms with van der Waals surface area (Å²) in [7, 11) is 1.64. The Bertz CT molecular complexity index is 647. The molecule has 112 valence electrons. The van der Waals surface area contributed by atoms with Crippen LogP contribution in [0.5, 0.6) is 5.75 Å². The first-order valence-corrected chi connectivity index (χ1v) is 8.24. The fourth-order valence-electron chi connectivity index (χ4n) is 2.11. The molecule has 0 fully saturated rings. The van der Waals surface area contributed by atoms with Gasteiger partial charge in [-0.25, -0.2) is 0 Å². The van der Waals surface area contributed by atoms with Gasteiger partial charge in [-0.2, -0.15) is 0 Å². The minimum absolute atomic E-state index is 0.0649. The van der Waals surface area contributed by atoms with Gasteiger partial charge in [0.15, 0.2) is 0 Å². The molecule has 1 unspecified atom stereocenters. The molecule has 0 saturated heterocycles. The van der Waals surface area contributed by atoms with Gasteiger partial charge in [-0.3, -0.25) is 4.79 Å². The van der Waals surface area contributed by atoms with Crippen molar-refractivity contribution >= 4 is 33.2 Å². The lowest BCUT2D eigenvalue weighted by molar-refractivity contribution is 0.0943. The summed E-state index contributed by atoms with van der Waals surface area (Å²) in [6.45, 7) is 5.96. The van der Waals surface area contributed by atoms with Crippen LogP contribution in [0.15, 0.2) is 28.1 Å². The molecule has 0 aliphatic rings. The molecule has 1 heterocycles. The van der Waals surface area contributed by atoms with E-state index in [1.807, 2.05) is 45.0 Å². The molecule has 1 atom stereocenters. The van der Waals surface area contributed by atoms with Crippen molar-refractivity contribution in [3.63, 3.8) is 0 Å². The van der Waals surface area contributed by atoms with E-state index < -0.39 is 0 Å². The zero-order valence-corrected chi connectivity index (χ0v) is 14.9. The summed E-state index contributed by atoms with van der Waals surface area (Å²) in [4.78, 5) is 13.0. The van der Waals surface area contributed by atoms with Crippen LogP contribution in [-0.4, -0.2) is 13.0 Å². The molecule has 2 aromatic rings. The fourth-order valence-corrected chi connectivity index (χ4v) is 3.55. The van der Waals surface area contributed by atoms with Crippen LogP contribution in [0.2, 0.25) is 0 Å². The van der Waals surface area contributed by atoms with E-state index in [4.69, 9.17) is 4.74 Å². The van der Waals surface area contributed by atoms with Crippen LogP contribution < -0.4 is 10.1 Å². The summed E-state index contributed by atoms with van der Waals surface area (Å²) in [5.41, 5.74) is 3.20. The number of ether oxygens (including phenoxy) is 1. The highest BCUT2D eigenvalue weighted by Crippen LogP contribution is 2.29. The van der Waals surface area contributed by atoms with Gasteiger partial charge in [0, 0.05) is 5.56 Å². The van der Waals surface area contributed by atoms with Crippen LogP contribution in [0, 0.1) is 13.8 Å². The Morgan fingerprint density at radius 3 is 2.62 bits per heavy atom. The van der Waals surface area contributed by atoms with E-state index in [1.165, 1.54) is 11.3 Å². The van der Waals surface area contributed by atoms with Crippen molar-refractivity contribution < 1.29 is 9.53 Å². The first kappa shape index (κ1) is 16.0. The number of thiophene rings is 1. The van der Waals surface area contributed by atoms with Gasteiger partial charge in [-0.15, -0.1) is 11.3 Å². The fraction of sp³-hybridized carbons (Fsp3) is 0.312. The number of hydrogen-bond donors (Lipinski definition) is 1. The summed E-state index contributed by atoms with van der Waals surface area (Å²) in [5.74, 6) is 0.724. The highest BCUT2D eigenvalue weighted by molar-refractivity contribution is 9.11. The Balaban J connectivity index is 2.19. The van der Waals surface area contributed by atoms with Crippen LogP contribution >= 0.6 is 27.3 Å². The topological polar surface area (TPSA) is 38.3 Å². The molecule has 1 aromatic heterocycles. The number of nitrogens with one attached hydrogen (secondary N) is 1. The van der Waals surface area contributed by atoms with Crippen molar-refractivity contribution in [2.45, 2.75) is 26.8 Å². The van der Waals surface area contributed by atoms with Gasteiger partial charge in [0.1, 0.15) is 5.75 Å². The standard InChI is InChI=1S/C16H18BrNO2S/c1-9-5-6-13(20-4)12(7-9)11(3)18-16(19)14-8-10(2)15(17)21-14/h5-8,11H,1-4H3,(H,18,19). The summed E-state index contributed by atoms with van der Waals surface area (Å²) in [5, 5.41) is 3.03. The first-order valence-electron chi connectivity index (χ1n) is 6.63. The van der Waals surface area contributed by atoms with Crippen molar-refractivity contribution in [3.8, 4) is 5.75 Å². The Morgan fingerprint density at radius 2 is 2.05 bits per heavy atom. The number of methoxy groups -OCH3 is 1. The van der Waals surface area contributed by atoms with Gasteiger partial charge in [-0.05, 0) is 54.4 Å². The molecule has 1 amide bonds. The van der Waals surface area contributed by atoms with Crippen molar-refractivity contribution in [1.82, 2.24) is 5.32 Å². The first-order chi connectivity index (χ1) is 9.92. The maximum atomic E-state index is 12.3. The van der Waals surface area contributed by atoms with E-state index >= 15 is 0 Å². The number of hydrogen-bond acceptors (Lipinski definition) is 3. The highest BCUT2D eigenvalue weighted by Gasteiger charge is 2.17. The van der Waals surface area contributed by atoms with E-state index in [9.17, 15) is 4.79 Å². The van der Waals surface area contributed by atoms with Gasteiger partial charge >= 0.3 is 0 Å². The Morgan fingerprint density at radius 1 is 1.33 bits per heavy atom. The molecular formula is C16H18BrNO2S. The molecule has 0 spiro atoms. The van der Waals surface area contributed by atoms with Crippen molar-refractivity contribution in [2.24, 2.45) is 0 Å². The maximum Gasteiger partial charge on any atom is 0.261 e. The molecule has 21 heavy (non-hydrogen) atoms. The van der Waals surface area contributed by atoms with E-state index in [1.54, 1.807) is 7.11 Å². The smallest absolute Gasteiger partial charge is 0.261 e. The maximum absolute atomic E-state index is 12.3. The number of aryl methyl sites for hydroxylation is 2. The van der Waals surface area contributed by atoms with Gasteiger partial charge in [0.2, 0.25) is 0 Å². The molecule has 0 aliphatic heterocycles. The minimum atomic E-state index is -0.117. The molecule has 1 aromatic carbocycles. The summed E-state index contributed by atoms with van der Waals surface area (Å²) < 4.78 is 6.37. The lowest BCUT2D eigenvalue weighted by Gasteiger charge is -2.17. The molecule has 1 N–H and O–H groups in total. The summed E-state index contributed by atoms with van der Waals surface area (Å²) in [6, 6.07) is 7.74. The average Bonchev–Trinajstić information content (AvgIpc) is 2.78. The van der Waals surface area contributed by atoms with Crippen LogP contribution in [0.1, 0.15) is 39.3 Å². The third kappa shape index (κ3) is 3.66. The largest absolute Gasteiger partial charge is 0.496 e. The second kappa shape index (κ2) is 6.62. The number of halogens is 1. The number of amides is 1. The van der Waals surface area contributed by atoms with Gasteiger partial charge in [0.05, 0.1) is 21.8 Å². The Labute approximate surface area is 137 Å². The lowest BCUT2D eigenvalue weighted by Crippen LogP contribution is -2.26. The van der Waals surface area contributed by atoms with E-state index in [2.05, 4.69) is 21.2 Å². The predicted molar refractivity (Wildman–Crippen MR) is 90.4 cm³/mol. The monoisotopic (exact) mass is 367 g/mol. The van der Waals surface area contributed by atoms with Crippen LogP contribution in [-0.2, 0) is 0 Å². The normalized spacial score (nSPS) is 12.0. The predicted octanol–water partition coefficient (Wildman–Crippen LogP) is 4.63. The SMILES string of the molecule is COc1ccc(C)cc1C(C)NC(=O)c1cc(C)c(Br)s1. The quantitative estimate of drug-likeness (QED) is 0.855. The van der Waals surface area contributed by atoms with Crippen molar-refractivity contribution in [1.29, 1.82) is 0 Å². The molecule has 5 heteroatoms. The summed E-state index contributed by atoms with van der Waals surface area (Å²) in [6.07, 6.45) is 0. The van der Waals surface area contributed by atoms with Crippen LogP contribution in [0.4, 0.5) is 0 Å². The second-order valence-electron chi connectivity index (χ2n) is 5.01. The third-order valence-corrected chi connectivity index (χ3v) is 5.42. The Hall–Kier alpha value is -1.33. The second-order valence-corrected chi connectivity index (χ2v) is 7.38.